The van der Waals surface area contributed by atoms with Crippen LogP contribution < -0.4 is 5.32 Å². The molecule has 1 fully saturated rings. The molecule has 0 aliphatic carbocycles. The van der Waals surface area contributed by atoms with E-state index in [9.17, 15) is 4.79 Å². The summed E-state index contributed by atoms with van der Waals surface area (Å²) in [6.07, 6.45) is 2.04. The van der Waals surface area contributed by atoms with Gasteiger partial charge >= 0.3 is 0 Å². The molecule has 1 N–H and O–H groups in total. The fourth-order valence-electron chi connectivity index (χ4n) is 2.05. The van der Waals surface area contributed by atoms with E-state index in [1.807, 2.05) is 11.8 Å². The molecule has 15 heavy (non-hydrogen) atoms. The summed E-state index contributed by atoms with van der Waals surface area (Å²) in [7, 11) is 0. The highest BCUT2D eigenvalue weighted by Crippen LogP contribution is 2.14. The van der Waals surface area contributed by atoms with Crippen LogP contribution in [0.1, 0.15) is 40.5 Å². The molecule has 1 heterocycles. The highest BCUT2D eigenvalue weighted by atomic mass is 16.2. The predicted octanol–water partition coefficient (Wildman–Crippen LogP) is 1.63. The topological polar surface area (TPSA) is 32.3 Å². The van der Waals surface area contributed by atoms with Crippen molar-refractivity contribution in [2.24, 2.45) is 5.92 Å². The molecule has 0 radical (unpaired) electrons. The fraction of sp³-hybridized carbons (Fsp3) is 0.917. The van der Waals surface area contributed by atoms with Gasteiger partial charge in [0.15, 0.2) is 0 Å². The third kappa shape index (κ3) is 3.49. The maximum atomic E-state index is 11.9. The molecule has 0 spiro atoms. The second-order valence-corrected chi connectivity index (χ2v) is 4.90. The lowest BCUT2D eigenvalue weighted by Crippen LogP contribution is -2.39. The monoisotopic (exact) mass is 212 g/mol. The molecular formula is C12H24N2O. The molecule has 88 valence electrons. The minimum absolute atomic E-state index is 0.183. The molecule has 0 bridgehead atoms. The average molecular weight is 212 g/mol. The van der Waals surface area contributed by atoms with Crippen LogP contribution >= 0.6 is 0 Å². The third-order valence-electron chi connectivity index (χ3n) is 3.10. The second-order valence-electron chi connectivity index (χ2n) is 4.90. The Labute approximate surface area is 93.2 Å². The first-order chi connectivity index (χ1) is 7.04. The van der Waals surface area contributed by atoms with Crippen molar-refractivity contribution in [1.82, 2.24) is 10.2 Å². The molecule has 3 nitrogen and oxygen atoms in total. The summed E-state index contributed by atoms with van der Waals surface area (Å²) < 4.78 is 0. The van der Waals surface area contributed by atoms with Gasteiger partial charge in [-0.15, -0.1) is 0 Å². The van der Waals surface area contributed by atoms with Crippen molar-refractivity contribution in [2.45, 2.75) is 52.6 Å². The first-order valence-corrected chi connectivity index (χ1v) is 6.09. The number of carbonyl (C=O) groups excluding carboxylic acids is 1. The zero-order valence-electron chi connectivity index (χ0n) is 10.4. The number of rotatable bonds is 4. The Morgan fingerprint density at radius 2 is 2.13 bits per heavy atom. The molecule has 1 aliphatic heterocycles. The Morgan fingerprint density at radius 3 is 2.67 bits per heavy atom. The molecule has 1 amide bonds. The minimum atomic E-state index is 0.183. The van der Waals surface area contributed by atoms with E-state index in [1.54, 1.807) is 0 Å². The number of amides is 1. The van der Waals surface area contributed by atoms with E-state index in [4.69, 9.17) is 0 Å². The summed E-state index contributed by atoms with van der Waals surface area (Å²) in [4.78, 5) is 13.9. The Bertz CT molecular complexity index is 216. The molecule has 0 aromatic heterocycles. The van der Waals surface area contributed by atoms with Crippen LogP contribution in [0, 0.1) is 5.92 Å². The van der Waals surface area contributed by atoms with Gasteiger partial charge in [0.05, 0.1) is 0 Å². The number of hydrogen-bond acceptors (Lipinski definition) is 2. The molecule has 2 unspecified atom stereocenters. The number of hydrogen-bond donors (Lipinski definition) is 1. The van der Waals surface area contributed by atoms with Gasteiger partial charge in [0.25, 0.3) is 0 Å². The van der Waals surface area contributed by atoms with Crippen LogP contribution in [0.3, 0.4) is 0 Å². The van der Waals surface area contributed by atoms with E-state index in [2.05, 4.69) is 26.1 Å². The first-order valence-electron chi connectivity index (χ1n) is 6.09. The Balaban J connectivity index is 2.39. The van der Waals surface area contributed by atoms with Gasteiger partial charge in [-0.2, -0.15) is 0 Å². The number of carbonyl (C=O) groups is 1. The van der Waals surface area contributed by atoms with E-state index in [1.165, 1.54) is 0 Å². The summed E-state index contributed by atoms with van der Waals surface area (Å²) in [6, 6.07) is 1.01. The minimum Gasteiger partial charge on any atom is -0.341 e. The van der Waals surface area contributed by atoms with Crippen molar-refractivity contribution < 1.29 is 4.79 Å². The van der Waals surface area contributed by atoms with Gasteiger partial charge in [0.1, 0.15) is 0 Å². The summed E-state index contributed by atoms with van der Waals surface area (Å²) in [6.45, 7) is 10.2. The summed E-state index contributed by atoms with van der Waals surface area (Å²) >= 11 is 0. The maximum Gasteiger partial charge on any atom is 0.225 e. The molecule has 0 aromatic carbocycles. The van der Waals surface area contributed by atoms with Gasteiger partial charge in [-0.05, 0) is 12.8 Å². The molecule has 0 aromatic rings. The molecular weight excluding hydrogens is 188 g/mol. The smallest absolute Gasteiger partial charge is 0.225 e. The standard InChI is InChI=1S/C12H24N2O/c1-5-10(4)12(15)14-7-6-11(8-14)13-9(2)3/h9-11,13H,5-8H2,1-4H3. The highest BCUT2D eigenvalue weighted by Gasteiger charge is 2.28. The maximum absolute atomic E-state index is 11.9. The van der Waals surface area contributed by atoms with Gasteiger partial charge in [-0.25, -0.2) is 0 Å². The Morgan fingerprint density at radius 1 is 1.47 bits per heavy atom. The zero-order valence-corrected chi connectivity index (χ0v) is 10.4. The SMILES string of the molecule is CCC(C)C(=O)N1CCC(NC(C)C)C1. The van der Waals surface area contributed by atoms with Crippen LogP contribution in [0.2, 0.25) is 0 Å². The van der Waals surface area contributed by atoms with E-state index in [0.29, 0.717) is 18.0 Å². The predicted molar refractivity (Wildman–Crippen MR) is 62.7 cm³/mol. The van der Waals surface area contributed by atoms with Gasteiger partial charge in [-0.1, -0.05) is 27.7 Å². The van der Waals surface area contributed by atoms with Gasteiger partial charge < -0.3 is 10.2 Å². The van der Waals surface area contributed by atoms with Crippen molar-refractivity contribution in [3.8, 4) is 0 Å². The van der Waals surface area contributed by atoms with Gasteiger partial charge in [0, 0.05) is 31.1 Å². The van der Waals surface area contributed by atoms with E-state index < -0.39 is 0 Å². The Hall–Kier alpha value is -0.570. The van der Waals surface area contributed by atoms with Crippen molar-refractivity contribution in [3.05, 3.63) is 0 Å². The van der Waals surface area contributed by atoms with Crippen molar-refractivity contribution >= 4 is 5.91 Å². The fourth-order valence-corrected chi connectivity index (χ4v) is 2.05. The second kappa shape index (κ2) is 5.50. The average Bonchev–Trinajstić information content (AvgIpc) is 2.63. The number of likely N-dealkylation sites (tertiary alicyclic amines) is 1. The largest absolute Gasteiger partial charge is 0.341 e. The zero-order chi connectivity index (χ0) is 11.4. The number of nitrogens with zero attached hydrogens (tertiary/aromatic N) is 1. The molecule has 2 atom stereocenters. The van der Waals surface area contributed by atoms with Crippen LogP contribution in [0.15, 0.2) is 0 Å². The Kier molecular flexibility index (Phi) is 4.58. The van der Waals surface area contributed by atoms with E-state index >= 15 is 0 Å². The molecule has 1 rings (SSSR count). The summed E-state index contributed by atoms with van der Waals surface area (Å²) in [5.74, 6) is 0.508. The van der Waals surface area contributed by atoms with Crippen LogP contribution in [0.25, 0.3) is 0 Å². The van der Waals surface area contributed by atoms with Crippen LogP contribution in [0.5, 0.6) is 0 Å². The normalized spacial score (nSPS) is 23.5. The number of nitrogens with one attached hydrogen (secondary N) is 1. The lowest BCUT2D eigenvalue weighted by Gasteiger charge is -2.21. The third-order valence-corrected chi connectivity index (χ3v) is 3.10. The molecule has 1 saturated heterocycles. The first kappa shape index (κ1) is 12.5. The lowest BCUT2D eigenvalue weighted by molar-refractivity contribution is -0.134. The van der Waals surface area contributed by atoms with E-state index in [-0.39, 0.29) is 5.92 Å². The van der Waals surface area contributed by atoms with Crippen LogP contribution in [0.4, 0.5) is 0 Å². The highest BCUT2D eigenvalue weighted by molar-refractivity contribution is 5.78. The lowest BCUT2D eigenvalue weighted by atomic mass is 10.1. The van der Waals surface area contributed by atoms with Crippen LogP contribution in [-0.4, -0.2) is 36.0 Å². The van der Waals surface area contributed by atoms with Crippen molar-refractivity contribution in [1.29, 1.82) is 0 Å². The quantitative estimate of drug-likeness (QED) is 0.768. The van der Waals surface area contributed by atoms with Crippen LogP contribution in [-0.2, 0) is 4.79 Å². The van der Waals surface area contributed by atoms with Gasteiger partial charge in [0.2, 0.25) is 5.91 Å². The molecule has 3 heteroatoms. The van der Waals surface area contributed by atoms with Crippen molar-refractivity contribution in [2.75, 3.05) is 13.1 Å². The van der Waals surface area contributed by atoms with Gasteiger partial charge in [-0.3, -0.25) is 4.79 Å². The molecule has 0 saturated carbocycles. The molecule has 1 aliphatic rings. The summed E-state index contributed by atoms with van der Waals surface area (Å²) in [5, 5.41) is 3.49. The van der Waals surface area contributed by atoms with E-state index in [0.717, 1.165) is 25.9 Å². The van der Waals surface area contributed by atoms with Crippen molar-refractivity contribution in [3.63, 3.8) is 0 Å². The summed E-state index contributed by atoms with van der Waals surface area (Å²) in [5.41, 5.74) is 0.